The van der Waals surface area contributed by atoms with Gasteiger partial charge in [-0.2, -0.15) is 0 Å². The molecule has 0 atom stereocenters. The van der Waals surface area contributed by atoms with Gasteiger partial charge in [0.15, 0.2) is 17.3 Å². The number of hydrogen-bond donors (Lipinski definition) is 0. The number of benzene rings is 2. The topological polar surface area (TPSA) is 35.5 Å². The molecule has 0 aliphatic carbocycles. The molecule has 2 aromatic carbocycles. The minimum atomic E-state index is -0.0676. The standard InChI is InChI=1S/C16H13ClO3/c1-10-2-4-12(17)9-13(10)16(18)11-3-5-14-15(8-11)20-7-6-19-14/h2-5,8-9H,6-7H2,1H3. The summed E-state index contributed by atoms with van der Waals surface area (Å²) in [4.78, 5) is 12.6. The number of rotatable bonds is 2. The Hall–Kier alpha value is -2.00. The van der Waals surface area contributed by atoms with Gasteiger partial charge in [-0.25, -0.2) is 0 Å². The molecule has 102 valence electrons. The first kappa shape index (κ1) is 13.0. The molecule has 0 spiro atoms. The third-order valence-corrected chi connectivity index (χ3v) is 3.48. The zero-order chi connectivity index (χ0) is 14.1. The Morgan fingerprint density at radius 3 is 2.60 bits per heavy atom. The molecule has 0 unspecified atom stereocenters. The summed E-state index contributed by atoms with van der Waals surface area (Å²) in [6, 6.07) is 10.5. The molecule has 0 saturated heterocycles. The molecule has 0 fully saturated rings. The Morgan fingerprint density at radius 2 is 1.80 bits per heavy atom. The van der Waals surface area contributed by atoms with E-state index in [9.17, 15) is 4.79 Å². The van der Waals surface area contributed by atoms with Gasteiger partial charge in [0.25, 0.3) is 0 Å². The summed E-state index contributed by atoms with van der Waals surface area (Å²) in [7, 11) is 0. The van der Waals surface area contributed by atoms with E-state index in [1.807, 2.05) is 13.0 Å². The lowest BCUT2D eigenvalue weighted by Gasteiger charge is -2.18. The molecule has 20 heavy (non-hydrogen) atoms. The second kappa shape index (κ2) is 5.17. The van der Waals surface area contributed by atoms with Crippen molar-refractivity contribution in [2.24, 2.45) is 0 Å². The molecule has 0 aromatic heterocycles. The van der Waals surface area contributed by atoms with Crippen molar-refractivity contribution in [3.05, 3.63) is 58.1 Å². The fourth-order valence-corrected chi connectivity index (χ4v) is 2.35. The fourth-order valence-electron chi connectivity index (χ4n) is 2.18. The summed E-state index contributed by atoms with van der Waals surface area (Å²) in [6.07, 6.45) is 0. The third kappa shape index (κ3) is 2.37. The van der Waals surface area contributed by atoms with Crippen LogP contribution in [0.1, 0.15) is 21.5 Å². The number of fused-ring (bicyclic) bond motifs is 1. The average Bonchev–Trinajstić information content (AvgIpc) is 2.48. The highest BCUT2D eigenvalue weighted by Gasteiger charge is 2.17. The van der Waals surface area contributed by atoms with Gasteiger partial charge in [-0.05, 0) is 42.8 Å². The van der Waals surface area contributed by atoms with E-state index in [1.165, 1.54) is 0 Å². The molecule has 1 aliphatic rings. The van der Waals surface area contributed by atoms with E-state index < -0.39 is 0 Å². The first-order valence-electron chi connectivity index (χ1n) is 6.35. The number of hydrogen-bond acceptors (Lipinski definition) is 3. The van der Waals surface area contributed by atoms with Crippen LogP contribution in [0.25, 0.3) is 0 Å². The molecule has 0 N–H and O–H groups in total. The Morgan fingerprint density at radius 1 is 1.05 bits per heavy atom. The maximum atomic E-state index is 12.6. The van der Waals surface area contributed by atoms with Gasteiger partial charge in [-0.3, -0.25) is 4.79 Å². The molecule has 2 aromatic rings. The molecule has 4 heteroatoms. The molecule has 0 radical (unpaired) electrons. The van der Waals surface area contributed by atoms with Crippen LogP contribution >= 0.6 is 11.6 Å². The van der Waals surface area contributed by atoms with Crippen molar-refractivity contribution in [3.8, 4) is 11.5 Å². The van der Waals surface area contributed by atoms with Crippen LogP contribution in [0, 0.1) is 6.92 Å². The van der Waals surface area contributed by atoms with E-state index in [4.69, 9.17) is 21.1 Å². The summed E-state index contributed by atoms with van der Waals surface area (Å²) in [6.45, 7) is 2.93. The molecular weight excluding hydrogens is 276 g/mol. The minimum Gasteiger partial charge on any atom is -0.486 e. The minimum absolute atomic E-state index is 0.0676. The van der Waals surface area contributed by atoms with Crippen molar-refractivity contribution in [3.63, 3.8) is 0 Å². The van der Waals surface area contributed by atoms with E-state index in [-0.39, 0.29) is 5.78 Å². The summed E-state index contributed by atoms with van der Waals surface area (Å²) >= 11 is 5.97. The molecule has 1 aliphatic heterocycles. The smallest absolute Gasteiger partial charge is 0.193 e. The highest BCUT2D eigenvalue weighted by Crippen LogP contribution is 2.31. The molecule has 3 nitrogen and oxygen atoms in total. The van der Waals surface area contributed by atoms with Crippen LogP contribution in [0.3, 0.4) is 0 Å². The second-order valence-electron chi connectivity index (χ2n) is 4.65. The maximum Gasteiger partial charge on any atom is 0.193 e. The van der Waals surface area contributed by atoms with Gasteiger partial charge in [-0.1, -0.05) is 17.7 Å². The molecule has 0 amide bonds. The van der Waals surface area contributed by atoms with E-state index in [2.05, 4.69) is 0 Å². The summed E-state index contributed by atoms with van der Waals surface area (Å²) in [5.41, 5.74) is 2.07. The van der Waals surface area contributed by atoms with E-state index in [1.54, 1.807) is 30.3 Å². The zero-order valence-electron chi connectivity index (χ0n) is 11.0. The van der Waals surface area contributed by atoms with Gasteiger partial charge in [0.2, 0.25) is 0 Å². The average molecular weight is 289 g/mol. The molecular formula is C16H13ClO3. The quantitative estimate of drug-likeness (QED) is 0.791. The zero-order valence-corrected chi connectivity index (χ0v) is 11.7. The van der Waals surface area contributed by atoms with Crippen LogP contribution in [0.15, 0.2) is 36.4 Å². The lowest BCUT2D eigenvalue weighted by atomic mass is 9.99. The van der Waals surface area contributed by atoms with Crippen LogP contribution in [0.5, 0.6) is 11.5 Å². The molecule has 1 heterocycles. The monoisotopic (exact) mass is 288 g/mol. The second-order valence-corrected chi connectivity index (χ2v) is 5.08. The van der Waals surface area contributed by atoms with E-state index >= 15 is 0 Å². The number of halogens is 1. The van der Waals surface area contributed by atoms with Gasteiger partial charge in [0, 0.05) is 16.1 Å². The summed E-state index contributed by atoms with van der Waals surface area (Å²) in [5, 5.41) is 0.552. The highest BCUT2D eigenvalue weighted by atomic mass is 35.5. The van der Waals surface area contributed by atoms with Gasteiger partial charge in [0.05, 0.1) is 0 Å². The van der Waals surface area contributed by atoms with E-state index in [0.29, 0.717) is 40.9 Å². The van der Waals surface area contributed by atoms with Crippen LogP contribution < -0.4 is 9.47 Å². The van der Waals surface area contributed by atoms with Gasteiger partial charge < -0.3 is 9.47 Å². The van der Waals surface area contributed by atoms with Crippen LogP contribution in [-0.4, -0.2) is 19.0 Å². The normalized spacial score (nSPS) is 13.1. The number of ether oxygens (including phenoxy) is 2. The Bertz CT molecular complexity index is 679. The predicted octanol–water partition coefficient (Wildman–Crippen LogP) is 3.65. The third-order valence-electron chi connectivity index (χ3n) is 3.25. The van der Waals surface area contributed by atoms with E-state index in [0.717, 1.165) is 5.56 Å². The number of aryl methyl sites for hydroxylation is 1. The SMILES string of the molecule is Cc1ccc(Cl)cc1C(=O)c1ccc2c(c1)OCCO2. The lowest BCUT2D eigenvalue weighted by Crippen LogP contribution is -2.16. The maximum absolute atomic E-state index is 12.6. The number of carbonyl (C=O) groups is 1. The predicted molar refractivity (Wildman–Crippen MR) is 77.1 cm³/mol. The Labute approximate surface area is 122 Å². The summed E-state index contributed by atoms with van der Waals surface area (Å²) < 4.78 is 11.0. The fraction of sp³-hybridized carbons (Fsp3) is 0.188. The van der Waals surface area contributed by atoms with Crippen LogP contribution in [-0.2, 0) is 0 Å². The number of carbonyl (C=O) groups excluding carboxylic acids is 1. The molecule has 0 saturated carbocycles. The van der Waals surface area contributed by atoms with Crippen molar-refractivity contribution in [2.45, 2.75) is 6.92 Å². The van der Waals surface area contributed by atoms with Gasteiger partial charge >= 0.3 is 0 Å². The van der Waals surface area contributed by atoms with Crippen molar-refractivity contribution in [1.82, 2.24) is 0 Å². The first-order valence-corrected chi connectivity index (χ1v) is 6.73. The van der Waals surface area contributed by atoms with Crippen molar-refractivity contribution >= 4 is 17.4 Å². The van der Waals surface area contributed by atoms with Gasteiger partial charge in [-0.15, -0.1) is 0 Å². The Balaban J connectivity index is 2.00. The van der Waals surface area contributed by atoms with Crippen molar-refractivity contribution in [2.75, 3.05) is 13.2 Å². The van der Waals surface area contributed by atoms with Gasteiger partial charge in [0.1, 0.15) is 13.2 Å². The first-order chi connectivity index (χ1) is 9.65. The summed E-state index contributed by atoms with van der Waals surface area (Å²) in [5.74, 6) is 1.22. The van der Waals surface area contributed by atoms with Crippen LogP contribution in [0.4, 0.5) is 0 Å². The lowest BCUT2D eigenvalue weighted by molar-refractivity contribution is 0.103. The van der Waals surface area contributed by atoms with Crippen molar-refractivity contribution < 1.29 is 14.3 Å². The Kier molecular flexibility index (Phi) is 3.36. The highest BCUT2D eigenvalue weighted by molar-refractivity contribution is 6.31. The molecule has 0 bridgehead atoms. The van der Waals surface area contributed by atoms with Crippen molar-refractivity contribution in [1.29, 1.82) is 0 Å². The van der Waals surface area contributed by atoms with Crippen LogP contribution in [0.2, 0.25) is 5.02 Å². The molecule has 3 rings (SSSR count). The largest absolute Gasteiger partial charge is 0.486 e. The number of ketones is 1.